The molecule has 0 aromatic heterocycles. The molecule has 0 heterocycles. The summed E-state index contributed by atoms with van der Waals surface area (Å²) < 4.78 is 0. The lowest BCUT2D eigenvalue weighted by atomic mass is 9.92. The molecule has 3 aromatic rings. The van der Waals surface area contributed by atoms with E-state index in [4.69, 9.17) is 0 Å². The maximum Gasteiger partial charge on any atom is -0.000728 e. The van der Waals surface area contributed by atoms with Crippen molar-refractivity contribution in [3.63, 3.8) is 0 Å². The zero-order valence-corrected chi connectivity index (χ0v) is 12.3. The molecule has 0 heteroatoms. The van der Waals surface area contributed by atoms with Crippen molar-refractivity contribution < 1.29 is 0 Å². The first-order valence-electron chi connectivity index (χ1n) is 7.67. The van der Waals surface area contributed by atoms with Gasteiger partial charge in [-0.05, 0) is 51.8 Å². The predicted molar refractivity (Wildman–Crippen MR) is 89.5 cm³/mol. The molecule has 1 aliphatic carbocycles. The Hall–Kier alpha value is -2.34. The Kier molecular flexibility index (Phi) is 2.89. The normalized spacial score (nSPS) is 12.0. The first-order chi connectivity index (χ1) is 10.4. The highest BCUT2D eigenvalue weighted by Crippen LogP contribution is 2.42. The lowest BCUT2D eigenvalue weighted by Gasteiger charge is -2.12. The van der Waals surface area contributed by atoms with Crippen LogP contribution in [0, 0.1) is 0 Å². The van der Waals surface area contributed by atoms with Crippen LogP contribution in [0.2, 0.25) is 0 Å². The summed E-state index contributed by atoms with van der Waals surface area (Å²) in [6.45, 7) is 2.23. The van der Waals surface area contributed by atoms with Crippen molar-refractivity contribution in [3.8, 4) is 22.3 Å². The Morgan fingerprint density at radius 1 is 0.667 bits per heavy atom. The second-order valence-electron chi connectivity index (χ2n) is 5.68. The first kappa shape index (κ1) is 12.4. The van der Waals surface area contributed by atoms with Gasteiger partial charge in [-0.2, -0.15) is 0 Å². The summed E-state index contributed by atoms with van der Waals surface area (Å²) in [6.07, 6.45) is 2.13. The number of rotatable bonds is 2. The third-order valence-electron chi connectivity index (χ3n) is 4.54. The van der Waals surface area contributed by atoms with Gasteiger partial charge in [-0.25, -0.2) is 0 Å². The molecule has 0 nitrogen and oxygen atoms in total. The van der Waals surface area contributed by atoms with Crippen LogP contribution in [0.5, 0.6) is 0 Å². The van der Waals surface area contributed by atoms with Gasteiger partial charge in [0.05, 0.1) is 0 Å². The van der Waals surface area contributed by atoms with Crippen LogP contribution < -0.4 is 0 Å². The van der Waals surface area contributed by atoms with Gasteiger partial charge in [0.25, 0.3) is 0 Å². The second kappa shape index (κ2) is 4.89. The maximum atomic E-state index is 2.28. The van der Waals surface area contributed by atoms with E-state index in [2.05, 4.69) is 73.7 Å². The van der Waals surface area contributed by atoms with Crippen molar-refractivity contribution in [1.29, 1.82) is 0 Å². The van der Waals surface area contributed by atoms with E-state index in [-0.39, 0.29) is 0 Å². The molecule has 0 unspecified atom stereocenters. The maximum absolute atomic E-state index is 2.28. The Morgan fingerprint density at radius 2 is 1.29 bits per heavy atom. The molecular weight excluding hydrogens is 252 g/mol. The van der Waals surface area contributed by atoms with Crippen molar-refractivity contribution in [2.45, 2.75) is 19.8 Å². The van der Waals surface area contributed by atoms with Gasteiger partial charge in [-0.15, -0.1) is 0 Å². The summed E-state index contributed by atoms with van der Waals surface area (Å²) in [5, 5.41) is 0. The Bertz CT molecular complexity index is 812. The van der Waals surface area contributed by atoms with Gasteiger partial charge >= 0.3 is 0 Å². The van der Waals surface area contributed by atoms with Gasteiger partial charge in [0, 0.05) is 0 Å². The molecule has 0 aliphatic heterocycles. The summed E-state index contributed by atoms with van der Waals surface area (Å²) in [6, 6.07) is 24.3. The molecule has 0 radical (unpaired) electrons. The molecule has 0 bridgehead atoms. The number of hydrogen-bond donors (Lipinski definition) is 0. The largest absolute Gasteiger partial charge is 0.0620 e. The molecule has 0 N–H and O–H groups in total. The molecule has 0 amide bonds. The van der Waals surface area contributed by atoms with Gasteiger partial charge in [0.1, 0.15) is 0 Å². The molecule has 3 aromatic carbocycles. The lowest BCUT2D eigenvalue weighted by molar-refractivity contribution is 1.14. The van der Waals surface area contributed by atoms with Crippen LogP contribution in [-0.4, -0.2) is 0 Å². The number of fused-ring (bicyclic) bond motifs is 3. The fourth-order valence-corrected chi connectivity index (χ4v) is 3.50. The number of hydrogen-bond acceptors (Lipinski definition) is 0. The van der Waals surface area contributed by atoms with Gasteiger partial charge in [-0.1, -0.05) is 73.7 Å². The average molecular weight is 270 g/mol. The van der Waals surface area contributed by atoms with E-state index in [0.29, 0.717) is 0 Å². The first-order valence-corrected chi connectivity index (χ1v) is 7.67. The molecule has 0 saturated heterocycles. The third-order valence-corrected chi connectivity index (χ3v) is 4.54. The van der Waals surface area contributed by atoms with Crippen LogP contribution in [0.4, 0.5) is 0 Å². The minimum absolute atomic E-state index is 1.06. The van der Waals surface area contributed by atoms with Gasteiger partial charge < -0.3 is 0 Å². The summed E-state index contributed by atoms with van der Waals surface area (Å²) in [5.41, 5.74) is 9.98. The van der Waals surface area contributed by atoms with Gasteiger partial charge in [0.15, 0.2) is 0 Å². The quantitative estimate of drug-likeness (QED) is 0.452. The zero-order valence-electron chi connectivity index (χ0n) is 12.3. The molecule has 0 spiro atoms. The highest BCUT2D eigenvalue weighted by Gasteiger charge is 2.21. The monoisotopic (exact) mass is 270 g/mol. The molecule has 21 heavy (non-hydrogen) atoms. The predicted octanol–water partition coefficient (Wildman–Crippen LogP) is 5.49. The van der Waals surface area contributed by atoms with Gasteiger partial charge in [-0.3, -0.25) is 0 Å². The minimum atomic E-state index is 1.06. The second-order valence-corrected chi connectivity index (χ2v) is 5.68. The summed E-state index contributed by atoms with van der Waals surface area (Å²) >= 11 is 0. The SMILES string of the molecule is CCc1ccccc1-c1cccc2c1Cc1ccccc1-2. The summed E-state index contributed by atoms with van der Waals surface area (Å²) in [7, 11) is 0. The highest BCUT2D eigenvalue weighted by atomic mass is 14.2. The Balaban J connectivity index is 1.94. The molecule has 0 atom stereocenters. The Labute approximate surface area is 126 Å². The van der Waals surface area contributed by atoms with Crippen molar-refractivity contribution in [2.24, 2.45) is 0 Å². The Morgan fingerprint density at radius 3 is 2.10 bits per heavy atom. The lowest BCUT2D eigenvalue weighted by Crippen LogP contribution is -1.92. The van der Waals surface area contributed by atoms with Gasteiger partial charge in [0.2, 0.25) is 0 Å². The molecule has 102 valence electrons. The number of aryl methyl sites for hydroxylation is 1. The van der Waals surface area contributed by atoms with E-state index in [1.165, 1.54) is 38.9 Å². The van der Waals surface area contributed by atoms with E-state index in [1.54, 1.807) is 0 Å². The van der Waals surface area contributed by atoms with Crippen LogP contribution in [0.25, 0.3) is 22.3 Å². The van der Waals surface area contributed by atoms with Crippen LogP contribution in [0.1, 0.15) is 23.6 Å². The van der Waals surface area contributed by atoms with E-state index in [1.807, 2.05) is 0 Å². The van der Waals surface area contributed by atoms with E-state index >= 15 is 0 Å². The third kappa shape index (κ3) is 1.91. The summed E-state index contributed by atoms with van der Waals surface area (Å²) in [5.74, 6) is 0. The fraction of sp³-hybridized carbons (Fsp3) is 0.143. The van der Waals surface area contributed by atoms with Crippen LogP contribution in [0.15, 0.2) is 66.7 Å². The zero-order chi connectivity index (χ0) is 14.2. The molecule has 1 aliphatic rings. The topological polar surface area (TPSA) is 0 Å². The molecule has 0 saturated carbocycles. The van der Waals surface area contributed by atoms with Crippen molar-refractivity contribution in [3.05, 3.63) is 83.4 Å². The van der Waals surface area contributed by atoms with E-state index in [0.717, 1.165) is 12.8 Å². The van der Waals surface area contributed by atoms with E-state index < -0.39 is 0 Å². The van der Waals surface area contributed by atoms with Crippen LogP contribution >= 0.6 is 0 Å². The molecular formula is C21H18. The molecule has 4 rings (SSSR count). The average Bonchev–Trinajstić information content (AvgIpc) is 2.93. The van der Waals surface area contributed by atoms with Crippen LogP contribution in [0.3, 0.4) is 0 Å². The molecule has 0 fully saturated rings. The minimum Gasteiger partial charge on any atom is -0.0620 e. The van der Waals surface area contributed by atoms with Crippen molar-refractivity contribution in [1.82, 2.24) is 0 Å². The van der Waals surface area contributed by atoms with Crippen LogP contribution in [-0.2, 0) is 12.8 Å². The number of benzene rings is 3. The fourth-order valence-electron chi connectivity index (χ4n) is 3.50. The van der Waals surface area contributed by atoms with Crippen molar-refractivity contribution in [2.75, 3.05) is 0 Å². The van der Waals surface area contributed by atoms with Crippen molar-refractivity contribution >= 4 is 0 Å². The smallest absolute Gasteiger partial charge is 0.000728 e. The standard InChI is InChI=1S/C21H18/c1-2-15-8-3-5-10-17(15)19-12-7-13-20-18-11-6-4-9-16(18)14-21(19)20/h3-13H,2,14H2,1H3. The van der Waals surface area contributed by atoms with E-state index in [9.17, 15) is 0 Å². The summed E-state index contributed by atoms with van der Waals surface area (Å²) in [4.78, 5) is 0. The highest BCUT2D eigenvalue weighted by molar-refractivity contribution is 5.85.